The number of carboxylic acid groups (broad SMARTS) is 1. The third kappa shape index (κ3) is 2.29. The zero-order valence-corrected chi connectivity index (χ0v) is 7.71. The Morgan fingerprint density at radius 1 is 1.43 bits per heavy atom. The summed E-state index contributed by atoms with van der Waals surface area (Å²) < 4.78 is 13.1. The molecule has 1 rings (SSSR count). The summed E-state index contributed by atoms with van der Waals surface area (Å²) in [6.45, 7) is 0. The number of hydrogen-bond acceptors (Lipinski definition) is 2. The van der Waals surface area contributed by atoms with Crippen molar-refractivity contribution in [3.05, 3.63) is 34.6 Å². The first-order valence-corrected chi connectivity index (χ1v) is 4.09. The van der Waals surface area contributed by atoms with Crippen LogP contribution in [0.2, 0.25) is 5.02 Å². The fourth-order valence-corrected chi connectivity index (χ4v) is 1.26. The summed E-state index contributed by atoms with van der Waals surface area (Å²) in [6.07, 6.45) is -0.763. The van der Waals surface area contributed by atoms with Gasteiger partial charge in [-0.25, -0.2) is 4.39 Å². The number of Topliss-reactive ketones (excluding diaryl/α,β-unsaturated/α-hetero) is 1. The van der Waals surface area contributed by atoms with Crippen LogP contribution in [0.25, 0.3) is 0 Å². The van der Waals surface area contributed by atoms with Crippen molar-refractivity contribution in [3.63, 3.8) is 0 Å². The minimum absolute atomic E-state index is 0.0729. The average Bonchev–Trinajstić information content (AvgIpc) is 2.01. The van der Waals surface area contributed by atoms with Crippen molar-refractivity contribution in [1.82, 2.24) is 0 Å². The largest absolute Gasteiger partial charge is 0.481 e. The first-order valence-electron chi connectivity index (χ1n) is 3.71. The van der Waals surface area contributed by atoms with Gasteiger partial charge in [-0.05, 0) is 12.1 Å². The van der Waals surface area contributed by atoms with Crippen molar-refractivity contribution in [2.24, 2.45) is 0 Å². The number of rotatable bonds is 3. The summed E-state index contributed by atoms with van der Waals surface area (Å²) >= 11 is 5.55. The number of hydrogen-bond donors (Lipinski definition) is 1. The molecule has 0 heterocycles. The number of aliphatic carboxylic acids is 1. The van der Waals surface area contributed by atoms with Crippen LogP contribution in [-0.2, 0) is 4.79 Å². The van der Waals surface area contributed by atoms with Gasteiger partial charge in [0.15, 0.2) is 5.78 Å². The molecule has 74 valence electrons. The summed E-state index contributed by atoms with van der Waals surface area (Å²) in [5.74, 6) is -2.95. The van der Waals surface area contributed by atoms with Gasteiger partial charge in [-0.2, -0.15) is 0 Å². The fraction of sp³-hybridized carbons (Fsp3) is 0.111. The molecule has 0 saturated heterocycles. The summed E-state index contributed by atoms with van der Waals surface area (Å²) in [4.78, 5) is 21.4. The lowest BCUT2D eigenvalue weighted by atomic mass is 10.1. The second-order valence-electron chi connectivity index (χ2n) is 2.59. The van der Waals surface area contributed by atoms with Crippen molar-refractivity contribution in [1.29, 1.82) is 0 Å². The highest BCUT2D eigenvalue weighted by molar-refractivity contribution is 6.34. The van der Waals surface area contributed by atoms with Crippen molar-refractivity contribution >= 4 is 23.4 Å². The topological polar surface area (TPSA) is 54.4 Å². The van der Waals surface area contributed by atoms with E-state index in [0.717, 1.165) is 6.07 Å². The van der Waals surface area contributed by atoms with Crippen LogP contribution in [0.15, 0.2) is 18.2 Å². The van der Waals surface area contributed by atoms with Gasteiger partial charge in [0.1, 0.15) is 12.2 Å². The molecule has 0 atom stereocenters. The molecule has 0 unspecified atom stereocenters. The maximum atomic E-state index is 13.1. The Hall–Kier alpha value is -1.42. The first-order chi connectivity index (χ1) is 6.52. The quantitative estimate of drug-likeness (QED) is 0.622. The predicted molar refractivity (Wildman–Crippen MR) is 48.0 cm³/mol. The van der Waals surface area contributed by atoms with Crippen LogP contribution in [0.3, 0.4) is 0 Å². The molecule has 0 spiro atoms. The Labute approximate surface area is 84.1 Å². The van der Waals surface area contributed by atoms with E-state index in [1.165, 1.54) is 12.1 Å². The van der Waals surface area contributed by atoms with Crippen LogP contribution in [0, 0.1) is 5.82 Å². The number of carboxylic acids is 1. The van der Waals surface area contributed by atoms with Gasteiger partial charge in [-0.1, -0.05) is 17.7 Å². The lowest BCUT2D eigenvalue weighted by molar-refractivity contribution is -0.135. The van der Waals surface area contributed by atoms with E-state index in [9.17, 15) is 14.0 Å². The average molecular weight is 217 g/mol. The van der Waals surface area contributed by atoms with Gasteiger partial charge in [-0.15, -0.1) is 0 Å². The smallest absolute Gasteiger partial charge is 0.311 e. The standard InChI is InChI=1S/C9H6ClFO3/c10-5-2-1-3-6(11)9(5)7(12)4-8(13)14/h1-3H,4H2,(H,13,14). The summed E-state index contributed by atoms with van der Waals surface area (Å²) in [6, 6.07) is 3.73. The molecule has 5 heteroatoms. The van der Waals surface area contributed by atoms with Gasteiger partial charge in [0.25, 0.3) is 0 Å². The van der Waals surface area contributed by atoms with Crippen molar-refractivity contribution < 1.29 is 19.1 Å². The van der Waals surface area contributed by atoms with Gasteiger partial charge in [0.05, 0.1) is 10.6 Å². The number of halogens is 2. The Balaban J connectivity index is 3.06. The molecular formula is C9H6ClFO3. The van der Waals surface area contributed by atoms with Crippen LogP contribution in [0.4, 0.5) is 4.39 Å². The summed E-state index contributed by atoms with van der Waals surface area (Å²) in [5, 5.41) is 8.27. The van der Waals surface area contributed by atoms with Gasteiger partial charge >= 0.3 is 5.97 Å². The second kappa shape index (κ2) is 4.19. The number of benzene rings is 1. The van der Waals surface area contributed by atoms with E-state index < -0.39 is 24.0 Å². The monoisotopic (exact) mass is 216 g/mol. The van der Waals surface area contributed by atoms with E-state index >= 15 is 0 Å². The van der Waals surface area contributed by atoms with E-state index in [0.29, 0.717) is 0 Å². The lowest BCUT2D eigenvalue weighted by Gasteiger charge is -2.02. The van der Waals surface area contributed by atoms with Gasteiger partial charge in [-0.3, -0.25) is 9.59 Å². The number of ketones is 1. The molecule has 0 saturated carbocycles. The maximum Gasteiger partial charge on any atom is 0.311 e. The van der Waals surface area contributed by atoms with Crippen LogP contribution < -0.4 is 0 Å². The summed E-state index contributed by atoms with van der Waals surface area (Å²) in [5.41, 5.74) is -0.364. The normalized spacial score (nSPS) is 9.86. The SMILES string of the molecule is O=C(O)CC(=O)c1c(F)cccc1Cl. The van der Waals surface area contributed by atoms with Crippen molar-refractivity contribution in [2.75, 3.05) is 0 Å². The minimum Gasteiger partial charge on any atom is -0.481 e. The molecule has 0 radical (unpaired) electrons. The summed E-state index contributed by atoms with van der Waals surface area (Å²) in [7, 11) is 0. The molecule has 0 aliphatic carbocycles. The molecule has 0 fully saturated rings. The Morgan fingerprint density at radius 2 is 2.07 bits per heavy atom. The molecule has 0 amide bonds. The maximum absolute atomic E-state index is 13.1. The molecule has 3 nitrogen and oxygen atoms in total. The predicted octanol–water partition coefficient (Wildman–Crippen LogP) is 2.14. The van der Waals surface area contributed by atoms with E-state index in [4.69, 9.17) is 16.7 Å². The highest BCUT2D eigenvalue weighted by Gasteiger charge is 2.17. The van der Waals surface area contributed by atoms with Crippen LogP contribution in [0.5, 0.6) is 0 Å². The Bertz CT molecular complexity index is 369. The molecule has 14 heavy (non-hydrogen) atoms. The Morgan fingerprint density at radius 3 is 2.57 bits per heavy atom. The van der Waals surface area contributed by atoms with E-state index in [-0.39, 0.29) is 10.6 Å². The first kappa shape index (κ1) is 10.7. The van der Waals surface area contributed by atoms with Crippen molar-refractivity contribution in [3.8, 4) is 0 Å². The van der Waals surface area contributed by atoms with Crippen LogP contribution in [-0.4, -0.2) is 16.9 Å². The minimum atomic E-state index is -1.31. The highest BCUT2D eigenvalue weighted by atomic mass is 35.5. The molecule has 0 aromatic heterocycles. The molecule has 0 aliphatic heterocycles. The van der Waals surface area contributed by atoms with Crippen LogP contribution in [0.1, 0.15) is 16.8 Å². The lowest BCUT2D eigenvalue weighted by Crippen LogP contribution is -2.09. The Kier molecular flexibility index (Phi) is 3.19. The molecule has 0 bridgehead atoms. The van der Waals surface area contributed by atoms with E-state index in [2.05, 4.69) is 0 Å². The third-order valence-electron chi connectivity index (χ3n) is 1.55. The van der Waals surface area contributed by atoms with E-state index in [1.807, 2.05) is 0 Å². The van der Waals surface area contributed by atoms with Gasteiger partial charge in [0, 0.05) is 0 Å². The second-order valence-corrected chi connectivity index (χ2v) is 3.00. The van der Waals surface area contributed by atoms with E-state index in [1.54, 1.807) is 0 Å². The zero-order chi connectivity index (χ0) is 10.7. The highest BCUT2D eigenvalue weighted by Crippen LogP contribution is 2.20. The van der Waals surface area contributed by atoms with Crippen LogP contribution >= 0.6 is 11.6 Å². The number of carbonyl (C=O) groups excluding carboxylic acids is 1. The molecule has 1 aromatic carbocycles. The van der Waals surface area contributed by atoms with Gasteiger partial charge < -0.3 is 5.11 Å². The molecular weight excluding hydrogens is 211 g/mol. The number of carbonyl (C=O) groups is 2. The molecule has 1 N–H and O–H groups in total. The zero-order valence-electron chi connectivity index (χ0n) is 6.96. The molecule has 0 aliphatic rings. The third-order valence-corrected chi connectivity index (χ3v) is 1.87. The van der Waals surface area contributed by atoms with Gasteiger partial charge in [0.2, 0.25) is 0 Å². The molecule has 1 aromatic rings. The van der Waals surface area contributed by atoms with Crippen molar-refractivity contribution in [2.45, 2.75) is 6.42 Å². The fourth-order valence-electron chi connectivity index (χ4n) is 0.990.